The number of rotatable bonds is 3. The SMILES string of the molecule is CC1(C)c2ccccc2-c2cc(-c3nc(Cl)nc(-c4ccc(C5=CC=[C+]C=C5)cc4)n3)ccc21. The first-order chi connectivity index (χ1) is 16.5. The predicted molar refractivity (Wildman–Crippen MR) is 138 cm³/mol. The fourth-order valence-electron chi connectivity index (χ4n) is 4.86. The van der Waals surface area contributed by atoms with Gasteiger partial charge >= 0.3 is 0 Å². The number of nitrogens with zero attached hydrogens (tertiary/aromatic N) is 3. The standard InChI is InChI=1S/C30H21ClN3/c1-30(2)25-11-7-6-10-23(25)24-18-22(16-17-26(24)30)28-32-27(33-29(31)34-28)21-14-12-20(13-15-21)19-8-4-3-5-9-19/h4-18H,1-2H3/q+1. The molecule has 0 unspecified atom stereocenters. The minimum Gasteiger partial charge on any atom is -0.208 e. The third-order valence-electron chi connectivity index (χ3n) is 6.64. The number of halogens is 1. The van der Waals surface area contributed by atoms with Gasteiger partial charge in [-0.3, -0.25) is 0 Å². The Balaban J connectivity index is 1.40. The summed E-state index contributed by atoms with van der Waals surface area (Å²) in [7, 11) is 0. The molecule has 0 N–H and O–H groups in total. The molecule has 0 fully saturated rings. The molecule has 0 saturated carbocycles. The topological polar surface area (TPSA) is 38.7 Å². The zero-order valence-corrected chi connectivity index (χ0v) is 19.6. The average Bonchev–Trinajstić information content (AvgIpc) is 3.11. The van der Waals surface area contributed by atoms with E-state index in [1.165, 1.54) is 22.3 Å². The Labute approximate surface area is 204 Å². The van der Waals surface area contributed by atoms with E-state index in [-0.39, 0.29) is 10.7 Å². The van der Waals surface area contributed by atoms with Gasteiger partial charge in [-0.25, -0.2) is 4.98 Å². The van der Waals surface area contributed by atoms with E-state index in [1.807, 2.05) is 36.4 Å². The Kier molecular flexibility index (Phi) is 4.77. The van der Waals surface area contributed by atoms with Crippen molar-refractivity contribution in [3.63, 3.8) is 0 Å². The molecule has 0 radical (unpaired) electrons. The molecule has 34 heavy (non-hydrogen) atoms. The summed E-state index contributed by atoms with van der Waals surface area (Å²) in [6.07, 6.45) is 11.0. The van der Waals surface area contributed by atoms with Crippen molar-refractivity contribution in [2.45, 2.75) is 19.3 Å². The fourth-order valence-corrected chi connectivity index (χ4v) is 5.02. The molecule has 4 heteroatoms. The average molecular weight is 459 g/mol. The monoisotopic (exact) mass is 458 g/mol. The van der Waals surface area contributed by atoms with Crippen molar-refractivity contribution in [2.75, 3.05) is 0 Å². The molecule has 0 bridgehead atoms. The third kappa shape index (κ3) is 3.38. The van der Waals surface area contributed by atoms with Gasteiger partial charge in [-0.05, 0) is 39.9 Å². The Hall–Kier alpha value is -3.91. The van der Waals surface area contributed by atoms with E-state index in [2.05, 4.69) is 84.5 Å². The predicted octanol–water partition coefficient (Wildman–Crippen LogP) is 7.48. The van der Waals surface area contributed by atoms with E-state index in [0.717, 1.165) is 22.3 Å². The second-order valence-electron chi connectivity index (χ2n) is 9.05. The van der Waals surface area contributed by atoms with Gasteiger partial charge in [-0.2, -0.15) is 9.97 Å². The molecule has 2 aliphatic carbocycles. The van der Waals surface area contributed by atoms with Crippen LogP contribution in [0.25, 0.3) is 39.5 Å². The molecule has 0 aliphatic heterocycles. The van der Waals surface area contributed by atoms with Crippen LogP contribution in [0.3, 0.4) is 0 Å². The minimum atomic E-state index is -0.0368. The van der Waals surface area contributed by atoms with Crippen molar-refractivity contribution in [1.82, 2.24) is 15.0 Å². The maximum atomic E-state index is 6.35. The molecule has 1 heterocycles. The van der Waals surface area contributed by atoms with Crippen molar-refractivity contribution in [3.8, 4) is 33.9 Å². The Morgan fingerprint density at radius 2 is 1.41 bits per heavy atom. The van der Waals surface area contributed by atoms with Crippen LogP contribution in [0.1, 0.15) is 30.5 Å². The van der Waals surface area contributed by atoms with E-state index in [0.29, 0.717) is 11.6 Å². The molecular weight excluding hydrogens is 438 g/mol. The molecule has 0 saturated heterocycles. The summed E-state index contributed by atoms with van der Waals surface area (Å²) in [6, 6.07) is 23.2. The first-order valence-corrected chi connectivity index (χ1v) is 11.6. The van der Waals surface area contributed by atoms with Crippen LogP contribution in [-0.4, -0.2) is 15.0 Å². The van der Waals surface area contributed by atoms with Gasteiger partial charge < -0.3 is 0 Å². The summed E-state index contributed by atoms with van der Waals surface area (Å²) in [4.78, 5) is 13.6. The zero-order chi connectivity index (χ0) is 23.3. The van der Waals surface area contributed by atoms with Crippen LogP contribution in [0.2, 0.25) is 5.28 Å². The van der Waals surface area contributed by atoms with E-state index < -0.39 is 0 Å². The Morgan fingerprint density at radius 3 is 2.18 bits per heavy atom. The summed E-state index contributed by atoms with van der Waals surface area (Å²) in [5.41, 5.74) is 9.18. The summed E-state index contributed by atoms with van der Waals surface area (Å²) in [5.74, 6) is 1.13. The Bertz CT molecular complexity index is 1530. The molecule has 3 nitrogen and oxygen atoms in total. The number of benzene rings is 3. The van der Waals surface area contributed by atoms with Crippen molar-refractivity contribution in [1.29, 1.82) is 0 Å². The highest BCUT2D eigenvalue weighted by molar-refractivity contribution is 6.28. The maximum absolute atomic E-state index is 6.35. The molecule has 3 aromatic carbocycles. The van der Waals surface area contributed by atoms with Gasteiger partial charge in [-0.1, -0.05) is 74.5 Å². The lowest BCUT2D eigenvalue weighted by Crippen LogP contribution is -2.14. The molecule has 0 spiro atoms. The first-order valence-electron chi connectivity index (χ1n) is 11.2. The normalized spacial score (nSPS) is 14.9. The molecule has 1 aromatic heterocycles. The van der Waals surface area contributed by atoms with E-state index in [9.17, 15) is 0 Å². The van der Waals surface area contributed by atoms with Gasteiger partial charge in [0.15, 0.2) is 11.6 Å². The van der Waals surface area contributed by atoms with Crippen molar-refractivity contribution in [3.05, 3.63) is 119 Å². The van der Waals surface area contributed by atoms with Gasteiger partial charge in [-0.15, -0.1) is 0 Å². The number of aromatic nitrogens is 3. The van der Waals surface area contributed by atoms with E-state index >= 15 is 0 Å². The molecule has 0 atom stereocenters. The number of hydrogen-bond acceptors (Lipinski definition) is 3. The molecule has 6 rings (SSSR count). The number of fused-ring (bicyclic) bond motifs is 3. The second-order valence-corrected chi connectivity index (χ2v) is 9.39. The fraction of sp³-hybridized carbons (Fsp3) is 0.100. The lowest BCUT2D eigenvalue weighted by atomic mass is 9.82. The zero-order valence-electron chi connectivity index (χ0n) is 18.9. The largest absolute Gasteiger partial charge is 0.226 e. The molecule has 4 aromatic rings. The smallest absolute Gasteiger partial charge is 0.208 e. The van der Waals surface area contributed by atoms with Crippen LogP contribution in [0.4, 0.5) is 0 Å². The summed E-state index contributed by atoms with van der Waals surface area (Å²) >= 11 is 6.35. The second kappa shape index (κ2) is 7.85. The molecule has 2 aliphatic rings. The molecular formula is C30H21ClN3+. The van der Waals surface area contributed by atoms with Crippen molar-refractivity contribution < 1.29 is 0 Å². The summed E-state index contributed by atoms with van der Waals surface area (Å²) < 4.78 is 0. The maximum Gasteiger partial charge on any atom is 0.226 e. The highest BCUT2D eigenvalue weighted by Crippen LogP contribution is 2.49. The first kappa shape index (κ1) is 20.7. The third-order valence-corrected chi connectivity index (χ3v) is 6.81. The van der Waals surface area contributed by atoms with Gasteiger partial charge in [0.25, 0.3) is 0 Å². The molecule has 0 amide bonds. The van der Waals surface area contributed by atoms with E-state index in [4.69, 9.17) is 16.6 Å². The van der Waals surface area contributed by atoms with E-state index in [1.54, 1.807) is 0 Å². The van der Waals surface area contributed by atoms with Crippen LogP contribution in [0, 0.1) is 6.08 Å². The van der Waals surface area contributed by atoms with Gasteiger partial charge in [0, 0.05) is 28.2 Å². The number of hydrogen-bond donors (Lipinski definition) is 0. The Morgan fingerprint density at radius 1 is 0.735 bits per heavy atom. The number of allylic oxidation sites excluding steroid dienone is 6. The lowest BCUT2D eigenvalue weighted by Gasteiger charge is -2.21. The van der Waals surface area contributed by atoms with Crippen LogP contribution in [-0.2, 0) is 5.41 Å². The van der Waals surface area contributed by atoms with Crippen LogP contribution in [0.15, 0.2) is 91.0 Å². The quantitative estimate of drug-likeness (QED) is 0.299. The van der Waals surface area contributed by atoms with Crippen LogP contribution < -0.4 is 0 Å². The van der Waals surface area contributed by atoms with Crippen LogP contribution in [0.5, 0.6) is 0 Å². The summed E-state index contributed by atoms with van der Waals surface area (Å²) in [5, 5.41) is 0.184. The molecule has 162 valence electrons. The van der Waals surface area contributed by atoms with Gasteiger partial charge in [0.2, 0.25) is 5.28 Å². The highest BCUT2D eigenvalue weighted by Gasteiger charge is 2.35. The highest BCUT2D eigenvalue weighted by atomic mass is 35.5. The van der Waals surface area contributed by atoms with Gasteiger partial charge in [0.1, 0.15) is 12.2 Å². The van der Waals surface area contributed by atoms with Crippen molar-refractivity contribution in [2.24, 2.45) is 0 Å². The van der Waals surface area contributed by atoms with Crippen molar-refractivity contribution >= 4 is 17.2 Å². The lowest BCUT2D eigenvalue weighted by molar-refractivity contribution is 0.660. The van der Waals surface area contributed by atoms with Gasteiger partial charge in [0.05, 0.1) is 17.7 Å². The minimum absolute atomic E-state index is 0.0368. The van der Waals surface area contributed by atoms with Crippen LogP contribution >= 0.6 is 11.6 Å². The summed E-state index contributed by atoms with van der Waals surface area (Å²) in [6.45, 7) is 4.54.